The van der Waals surface area contributed by atoms with E-state index in [0.717, 1.165) is 34.8 Å². The predicted molar refractivity (Wildman–Crippen MR) is 102 cm³/mol. The molecule has 0 radical (unpaired) electrons. The predicted octanol–water partition coefficient (Wildman–Crippen LogP) is 4.84. The van der Waals surface area contributed by atoms with Gasteiger partial charge in [0.15, 0.2) is 0 Å². The van der Waals surface area contributed by atoms with E-state index in [2.05, 4.69) is 32.5 Å². The number of halogens is 1. The molecule has 0 spiro atoms. The molecule has 0 aliphatic heterocycles. The van der Waals surface area contributed by atoms with Crippen molar-refractivity contribution in [1.29, 1.82) is 5.26 Å². The van der Waals surface area contributed by atoms with Crippen molar-refractivity contribution >= 4 is 22.6 Å². The first-order valence-electron chi connectivity index (χ1n) is 9.01. The third-order valence-corrected chi connectivity index (χ3v) is 5.49. The van der Waals surface area contributed by atoms with Gasteiger partial charge in [-0.05, 0) is 30.7 Å². The Bertz CT molecular complexity index is 980. The monoisotopic (exact) mass is 365 g/mol. The number of hydrogen-bond acceptors (Lipinski definition) is 4. The first-order valence-corrected chi connectivity index (χ1v) is 9.38. The van der Waals surface area contributed by atoms with Crippen molar-refractivity contribution in [1.82, 2.24) is 19.5 Å². The molecule has 1 fully saturated rings. The number of rotatable bonds is 3. The lowest BCUT2D eigenvalue weighted by Crippen LogP contribution is -2.17. The zero-order valence-electron chi connectivity index (χ0n) is 14.7. The number of aromatic nitrogens is 4. The molecule has 132 valence electrons. The van der Waals surface area contributed by atoms with E-state index in [9.17, 15) is 5.26 Å². The topological polar surface area (TPSA) is 67.4 Å². The Kier molecular flexibility index (Phi) is 4.60. The maximum absolute atomic E-state index is 9.33. The molecule has 6 heteroatoms. The fourth-order valence-electron chi connectivity index (χ4n) is 3.82. The molecular formula is C20H20ClN5. The van der Waals surface area contributed by atoms with Crippen LogP contribution in [0.1, 0.15) is 38.3 Å². The molecule has 0 bridgehead atoms. The number of imidazole rings is 1. The summed E-state index contributed by atoms with van der Waals surface area (Å²) in [6.07, 6.45) is 10.3. The zero-order chi connectivity index (χ0) is 18.1. The van der Waals surface area contributed by atoms with Gasteiger partial charge in [-0.2, -0.15) is 5.26 Å². The summed E-state index contributed by atoms with van der Waals surface area (Å²) in [5.41, 5.74) is 3.61. The lowest BCUT2D eigenvalue weighted by Gasteiger charge is -2.26. The van der Waals surface area contributed by atoms with Gasteiger partial charge in [-0.1, -0.05) is 31.4 Å². The Hall–Kier alpha value is -2.45. The van der Waals surface area contributed by atoms with E-state index in [-0.39, 0.29) is 0 Å². The Morgan fingerprint density at radius 2 is 2.04 bits per heavy atom. The van der Waals surface area contributed by atoms with Crippen LogP contribution in [0.3, 0.4) is 0 Å². The van der Waals surface area contributed by atoms with Crippen LogP contribution in [0.5, 0.6) is 0 Å². The molecule has 4 rings (SSSR count). The maximum Gasteiger partial charge on any atom is 0.143 e. The molecule has 3 aromatic heterocycles. The highest BCUT2D eigenvalue weighted by atomic mass is 35.5. The molecule has 1 aliphatic carbocycles. The van der Waals surface area contributed by atoms with Gasteiger partial charge in [0, 0.05) is 30.6 Å². The number of nitrogens with zero attached hydrogens (tertiary/aromatic N) is 5. The normalized spacial score (nSPS) is 20.2. The van der Waals surface area contributed by atoms with Crippen LogP contribution in [-0.2, 0) is 6.54 Å². The van der Waals surface area contributed by atoms with Gasteiger partial charge in [0.2, 0.25) is 0 Å². The first-order chi connectivity index (χ1) is 12.6. The van der Waals surface area contributed by atoms with Crippen LogP contribution in [0.2, 0.25) is 5.02 Å². The summed E-state index contributed by atoms with van der Waals surface area (Å²) in [4.78, 5) is 13.3. The molecule has 5 nitrogen and oxygen atoms in total. The van der Waals surface area contributed by atoms with Crippen LogP contribution in [-0.4, -0.2) is 19.5 Å². The van der Waals surface area contributed by atoms with Crippen LogP contribution in [0.25, 0.3) is 22.3 Å². The summed E-state index contributed by atoms with van der Waals surface area (Å²) < 4.78 is 2.18. The SMILES string of the molecule is C[C@H]1CC[C@H](Cn2cnc3cc(C#N)nc(-c4cncc(Cl)c4)c32)CC1. The van der Waals surface area contributed by atoms with E-state index >= 15 is 0 Å². The molecule has 1 saturated carbocycles. The van der Waals surface area contributed by atoms with Gasteiger partial charge >= 0.3 is 0 Å². The van der Waals surface area contributed by atoms with Crippen molar-refractivity contribution < 1.29 is 0 Å². The fourth-order valence-corrected chi connectivity index (χ4v) is 4.00. The number of fused-ring (bicyclic) bond motifs is 1. The van der Waals surface area contributed by atoms with Gasteiger partial charge < -0.3 is 4.57 Å². The van der Waals surface area contributed by atoms with E-state index in [0.29, 0.717) is 16.6 Å². The van der Waals surface area contributed by atoms with Crippen molar-refractivity contribution in [3.05, 3.63) is 41.6 Å². The van der Waals surface area contributed by atoms with Crippen molar-refractivity contribution in [2.24, 2.45) is 11.8 Å². The fraction of sp³-hybridized carbons (Fsp3) is 0.400. The first kappa shape index (κ1) is 17.0. The van der Waals surface area contributed by atoms with Crippen molar-refractivity contribution in [3.63, 3.8) is 0 Å². The Labute approximate surface area is 157 Å². The Morgan fingerprint density at radius 3 is 2.77 bits per heavy atom. The summed E-state index contributed by atoms with van der Waals surface area (Å²) in [5.74, 6) is 1.49. The summed E-state index contributed by atoms with van der Waals surface area (Å²) in [6, 6.07) is 5.70. The minimum absolute atomic E-state index is 0.351. The second kappa shape index (κ2) is 7.05. The number of nitriles is 1. The van der Waals surface area contributed by atoms with Crippen LogP contribution in [0.4, 0.5) is 0 Å². The van der Waals surface area contributed by atoms with E-state index < -0.39 is 0 Å². The quantitative estimate of drug-likeness (QED) is 0.665. The Morgan fingerprint density at radius 1 is 1.23 bits per heavy atom. The molecule has 3 aromatic rings. The molecule has 0 amide bonds. The van der Waals surface area contributed by atoms with E-state index in [1.54, 1.807) is 18.5 Å². The molecule has 0 unspecified atom stereocenters. The second-order valence-corrected chi connectivity index (χ2v) is 7.69. The van der Waals surface area contributed by atoms with E-state index in [1.165, 1.54) is 25.7 Å². The number of hydrogen-bond donors (Lipinski definition) is 0. The third-order valence-electron chi connectivity index (χ3n) is 5.28. The lowest BCUT2D eigenvalue weighted by molar-refractivity contribution is 0.266. The average Bonchev–Trinajstić information content (AvgIpc) is 3.05. The summed E-state index contributed by atoms with van der Waals surface area (Å²) in [5, 5.41) is 9.88. The van der Waals surface area contributed by atoms with Crippen LogP contribution in [0.15, 0.2) is 30.9 Å². The second-order valence-electron chi connectivity index (χ2n) is 7.25. The molecule has 0 aromatic carbocycles. The average molecular weight is 366 g/mol. The number of pyridine rings is 2. The Balaban J connectivity index is 1.79. The highest BCUT2D eigenvalue weighted by Gasteiger charge is 2.21. The summed E-state index contributed by atoms with van der Waals surface area (Å²) in [7, 11) is 0. The minimum atomic E-state index is 0.351. The van der Waals surface area contributed by atoms with Crippen LogP contribution < -0.4 is 0 Å². The van der Waals surface area contributed by atoms with Gasteiger partial charge in [-0.3, -0.25) is 4.98 Å². The largest absolute Gasteiger partial charge is 0.329 e. The van der Waals surface area contributed by atoms with Crippen molar-refractivity contribution in [2.45, 2.75) is 39.2 Å². The smallest absolute Gasteiger partial charge is 0.143 e. The standard InChI is InChI=1S/C20H20ClN5/c1-13-2-4-14(5-3-13)11-26-12-24-18-7-17(8-22)25-19(20(18)26)15-6-16(21)10-23-9-15/h6-7,9-10,12-14H,2-5,11H2,1H3/t13-,14-. The molecule has 0 atom stereocenters. The molecule has 0 saturated heterocycles. The van der Waals surface area contributed by atoms with E-state index in [4.69, 9.17) is 11.6 Å². The summed E-state index contributed by atoms with van der Waals surface area (Å²) in [6.45, 7) is 3.26. The lowest BCUT2D eigenvalue weighted by atomic mass is 9.83. The zero-order valence-corrected chi connectivity index (χ0v) is 15.4. The molecule has 26 heavy (non-hydrogen) atoms. The highest BCUT2D eigenvalue weighted by molar-refractivity contribution is 6.30. The summed E-state index contributed by atoms with van der Waals surface area (Å²) >= 11 is 6.12. The van der Waals surface area contributed by atoms with Crippen LogP contribution >= 0.6 is 11.6 Å². The van der Waals surface area contributed by atoms with Crippen molar-refractivity contribution in [2.75, 3.05) is 0 Å². The molecular weight excluding hydrogens is 346 g/mol. The molecule has 0 N–H and O–H groups in total. The van der Waals surface area contributed by atoms with Gasteiger partial charge in [-0.25, -0.2) is 9.97 Å². The van der Waals surface area contributed by atoms with Gasteiger partial charge in [0.05, 0.1) is 28.1 Å². The van der Waals surface area contributed by atoms with Crippen molar-refractivity contribution in [3.8, 4) is 17.3 Å². The van der Waals surface area contributed by atoms with Gasteiger partial charge in [-0.15, -0.1) is 0 Å². The molecule has 1 aliphatic rings. The van der Waals surface area contributed by atoms with Gasteiger partial charge in [0.25, 0.3) is 0 Å². The maximum atomic E-state index is 9.33. The highest BCUT2D eigenvalue weighted by Crippen LogP contribution is 2.32. The van der Waals surface area contributed by atoms with Gasteiger partial charge in [0.1, 0.15) is 11.8 Å². The third kappa shape index (κ3) is 3.30. The van der Waals surface area contributed by atoms with E-state index in [1.807, 2.05) is 12.4 Å². The minimum Gasteiger partial charge on any atom is -0.329 e. The van der Waals surface area contributed by atoms with Crippen LogP contribution in [0, 0.1) is 23.2 Å². The molecule has 3 heterocycles.